The van der Waals surface area contributed by atoms with E-state index >= 15 is 0 Å². The minimum absolute atomic E-state index is 0.0506. The second-order valence-corrected chi connectivity index (χ2v) is 8.67. The van der Waals surface area contributed by atoms with Crippen LogP contribution < -0.4 is 10.1 Å². The summed E-state index contributed by atoms with van der Waals surface area (Å²) in [5.41, 5.74) is 6.57. The summed E-state index contributed by atoms with van der Waals surface area (Å²) in [7, 11) is 0. The lowest BCUT2D eigenvalue weighted by Gasteiger charge is -2.10. The lowest BCUT2D eigenvalue weighted by Crippen LogP contribution is -2.25. The van der Waals surface area contributed by atoms with Crippen molar-refractivity contribution in [2.45, 2.75) is 33.7 Å². The van der Waals surface area contributed by atoms with Crippen LogP contribution in [0.1, 0.15) is 39.7 Å². The molecule has 0 aliphatic carbocycles. The Bertz CT molecular complexity index is 1260. The molecule has 0 fully saturated rings. The number of carbonyl (C=O) groups is 1. The first-order chi connectivity index (χ1) is 16.0. The van der Waals surface area contributed by atoms with Gasteiger partial charge in [0.05, 0.1) is 6.61 Å². The standard InChI is InChI=1S/C28H29ClN2O2/c1-4-33-25-12-7-21(8-13-25)15-16-30-28(32)23-9-14-27-26(17-23)19(2)20(3)31(27)18-22-5-10-24(29)11-6-22/h5-14,17H,4,15-16,18H2,1-3H3,(H,30,32). The highest BCUT2D eigenvalue weighted by Crippen LogP contribution is 2.27. The minimum Gasteiger partial charge on any atom is -0.494 e. The number of rotatable bonds is 8. The van der Waals surface area contributed by atoms with Crippen molar-refractivity contribution in [2.75, 3.05) is 13.2 Å². The van der Waals surface area contributed by atoms with Crippen LogP contribution in [-0.4, -0.2) is 23.6 Å². The van der Waals surface area contributed by atoms with Gasteiger partial charge in [-0.2, -0.15) is 0 Å². The molecule has 0 saturated carbocycles. The van der Waals surface area contributed by atoms with E-state index in [9.17, 15) is 4.79 Å². The summed E-state index contributed by atoms with van der Waals surface area (Å²) in [6, 6.07) is 21.9. The van der Waals surface area contributed by atoms with Gasteiger partial charge < -0.3 is 14.6 Å². The Morgan fingerprint density at radius 3 is 2.36 bits per heavy atom. The maximum Gasteiger partial charge on any atom is 0.251 e. The van der Waals surface area contributed by atoms with Gasteiger partial charge >= 0.3 is 0 Å². The summed E-state index contributed by atoms with van der Waals surface area (Å²) < 4.78 is 7.77. The summed E-state index contributed by atoms with van der Waals surface area (Å²) in [6.07, 6.45) is 0.774. The Labute approximate surface area is 200 Å². The fraction of sp³-hybridized carbons (Fsp3) is 0.250. The number of carbonyl (C=O) groups excluding carboxylic acids is 1. The van der Waals surface area contributed by atoms with Crippen LogP contribution in [0.25, 0.3) is 10.9 Å². The van der Waals surface area contributed by atoms with Crippen LogP contribution in [0.2, 0.25) is 5.02 Å². The average Bonchev–Trinajstić information content (AvgIpc) is 3.06. The number of hydrogen-bond acceptors (Lipinski definition) is 2. The molecule has 4 rings (SSSR count). The van der Waals surface area contributed by atoms with E-state index in [1.807, 2.05) is 61.5 Å². The van der Waals surface area contributed by atoms with E-state index in [1.54, 1.807) is 0 Å². The van der Waals surface area contributed by atoms with Crippen LogP contribution in [-0.2, 0) is 13.0 Å². The first kappa shape index (κ1) is 22.9. The Balaban J connectivity index is 1.45. The number of nitrogens with one attached hydrogen (secondary N) is 1. The fourth-order valence-electron chi connectivity index (χ4n) is 4.11. The van der Waals surface area contributed by atoms with Crippen molar-refractivity contribution in [2.24, 2.45) is 0 Å². The number of aryl methyl sites for hydroxylation is 1. The third-order valence-electron chi connectivity index (χ3n) is 6.09. The molecule has 0 unspecified atom stereocenters. The molecule has 0 spiro atoms. The summed E-state index contributed by atoms with van der Waals surface area (Å²) >= 11 is 6.03. The topological polar surface area (TPSA) is 43.3 Å². The molecular weight excluding hydrogens is 432 g/mol. The third-order valence-corrected chi connectivity index (χ3v) is 6.34. The molecule has 0 saturated heterocycles. The molecule has 0 atom stereocenters. The second-order valence-electron chi connectivity index (χ2n) is 8.24. The number of ether oxygens (including phenoxy) is 1. The highest BCUT2D eigenvalue weighted by molar-refractivity contribution is 6.30. The van der Waals surface area contributed by atoms with Crippen molar-refractivity contribution in [1.82, 2.24) is 9.88 Å². The molecule has 0 radical (unpaired) electrons. The van der Waals surface area contributed by atoms with E-state index in [0.717, 1.165) is 34.6 Å². The Kier molecular flexibility index (Phi) is 7.05. The van der Waals surface area contributed by atoms with E-state index < -0.39 is 0 Å². The largest absolute Gasteiger partial charge is 0.494 e. The molecule has 3 aromatic carbocycles. The van der Waals surface area contributed by atoms with Gasteiger partial charge in [-0.1, -0.05) is 35.9 Å². The highest BCUT2D eigenvalue weighted by atomic mass is 35.5. The van der Waals surface area contributed by atoms with Gasteiger partial charge in [-0.3, -0.25) is 4.79 Å². The molecule has 1 N–H and O–H groups in total. The number of fused-ring (bicyclic) bond motifs is 1. The number of aromatic nitrogens is 1. The Hall–Kier alpha value is -3.24. The quantitative estimate of drug-likeness (QED) is 0.334. The maximum absolute atomic E-state index is 12.8. The molecule has 170 valence electrons. The van der Waals surface area contributed by atoms with Gasteiger partial charge in [0, 0.05) is 40.3 Å². The van der Waals surface area contributed by atoms with E-state index in [-0.39, 0.29) is 5.91 Å². The zero-order valence-corrected chi connectivity index (χ0v) is 20.1. The molecule has 0 aliphatic rings. The summed E-state index contributed by atoms with van der Waals surface area (Å²) in [6.45, 7) is 8.22. The maximum atomic E-state index is 12.8. The smallest absolute Gasteiger partial charge is 0.251 e. The monoisotopic (exact) mass is 460 g/mol. The summed E-state index contributed by atoms with van der Waals surface area (Å²) in [4.78, 5) is 12.8. The first-order valence-electron chi connectivity index (χ1n) is 11.3. The van der Waals surface area contributed by atoms with Gasteiger partial charge in [0.15, 0.2) is 0 Å². The molecule has 4 nitrogen and oxygen atoms in total. The molecule has 33 heavy (non-hydrogen) atoms. The van der Waals surface area contributed by atoms with Gasteiger partial charge in [0.1, 0.15) is 5.75 Å². The van der Waals surface area contributed by atoms with Crippen molar-refractivity contribution in [3.05, 3.63) is 99.7 Å². The Morgan fingerprint density at radius 1 is 0.970 bits per heavy atom. The van der Waals surface area contributed by atoms with E-state index in [4.69, 9.17) is 16.3 Å². The van der Waals surface area contributed by atoms with E-state index in [2.05, 4.69) is 35.9 Å². The van der Waals surface area contributed by atoms with Crippen LogP contribution in [0.15, 0.2) is 66.7 Å². The van der Waals surface area contributed by atoms with Crippen LogP contribution in [0, 0.1) is 13.8 Å². The zero-order chi connectivity index (χ0) is 23.4. The molecule has 1 amide bonds. The Morgan fingerprint density at radius 2 is 1.67 bits per heavy atom. The van der Waals surface area contributed by atoms with Crippen LogP contribution in [0.5, 0.6) is 5.75 Å². The average molecular weight is 461 g/mol. The number of halogens is 1. The molecule has 5 heteroatoms. The molecule has 4 aromatic rings. The lowest BCUT2D eigenvalue weighted by atomic mass is 10.1. The molecule has 0 aliphatic heterocycles. The van der Waals surface area contributed by atoms with Crippen molar-refractivity contribution in [1.29, 1.82) is 0 Å². The predicted octanol–water partition coefficient (Wildman–Crippen LogP) is 6.33. The SMILES string of the molecule is CCOc1ccc(CCNC(=O)c2ccc3c(c2)c(C)c(C)n3Cc2ccc(Cl)cc2)cc1. The summed E-state index contributed by atoms with van der Waals surface area (Å²) in [5.74, 6) is 0.817. The number of amides is 1. The number of hydrogen-bond donors (Lipinski definition) is 1. The molecular formula is C28H29ClN2O2. The first-order valence-corrected chi connectivity index (χ1v) is 11.7. The molecule has 0 bridgehead atoms. The zero-order valence-electron chi connectivity index (χ0n) is 19.3. The van der Waals surface area contributed by atoms with Gasteiger partial charge in [0.25, 0.3) is 5.91 Å². The lowest BCUT2D eigenvalue weighted by molar-refractivity contribution is 0.0954. The third kappa shape index (κ3) is 5.23. The van der Waals surface area contributed by atoms with Crippen molar-refractivity contribution in [3.63, 3.8) is 0 Å². The number of nitrogens with zero attached hydrogens (tertiary/aromatic N) is 1. The fourth-order valence-corrected chi connectivity index (χ4v) is 4.23. The van der Waals surface area contributed by atoms with Crippen LogP contribution in [0.3, 0.4) is 0 Å². The predicted molar refractivity (Wildman–Crippen MR) is 136 cm³/mol. The van der Waals surface area contributed by atoms with Gasteiger partial charge in [0.2, 0.25) is 0 Å². The van der Waals surface area contributed by atoms with Crippen LogP contribution >= 0.6 is 11.6 Å². The molecule has 1 heterocycles. The van der Waals surface area contributed by atoms with Crippen molar-refractivity contribution < 1.29 is 9.53 Å². The second kappa shape index (κ2) is 10.1. The van der Waals surface area contributed by atoms with E-state index in [1.165, 1.54) is 22.4 Å². The van der Waals surface area contributed by atoms with Crippen molar-refractivity contribution >= 4 is 28.4 Å². The van der Waals surface area contributed by atoms with Gasteiger partial charge in [-0.25, -0.2) is 0 Å². The minimum atomic E-state index is -0.0506. The highest BCUT2D eigenvalue weighted by Gasteiger charge is 2.14. The van der Waals surface area contributed by atoms with Crippen molar-refractivity contribution in [3.8, 4) is 5.75 Å². The molecule has 1 aromatic heterocycles. The van der Waals surface area contributed by atoms with Gasteiger partial charge in [-0.15, -0.1) is 0 Å². The van der Waals surface area contributed by atoms with Crippen LogP contribution in [0.4, 0.5) is 0 Å². The normalized spacial score (nSPS) is 11.0. The number of benzene rings is 3. The van der Waals surface area contributed by atoms with E-state index in [0.29, 0.717) is 18.7 Å². The summed E-state index contributed by atoms with van der Waals surface area (Å²) in [5, 5.41) is 4.90. The van der Waals surface area contributed by atoms with Gasteiger partial charge in [-0.05, 0) is 86.3 Å².